The van der Waals surface area contributed by atoms with Crippen molar-refractivity contribution < 1.29 is 22.8 Å². The Hall–Kier alpha value is -3.75. The lowest BCUT2D eigenvalue weighted by Gasteiger charge is -2.28. The fourth-order valence-corrected chi connectivity index (χ4v) is 4.05. The van der Waals surface area contributed by atoms with E-state index >= 15 is 0 Å². The van der Waals surface area contributed by atoms with Gasteiger partial charge in [0.1, 0.15) is 5.69 Å². The minimum absolute atomic E-state index is 0.0686. The first kappa shape index (κ1) is 24.4. The number of carbonyl (C=O) groups is 2. The number of anilines is 1. The van der Waals surface area contributed by atoms with E-state index in [0.29, 0.717) is 22.3 Å². The molecular weight excluding hydrogens is 508 g/mol. The van der Waals surface area contributed by atoms with Gasteiger partial charge in [-0.15, -0.1) is 0 Å². The Morgan fingerprint density at radius 2 is 1.86 bits per heavy atom. The zero-order valence-electron chi connectivity index (χ0n) is 17.7. The molecule has 3 aromatic rings. The molecule has 0 spiro atoms. The molecular formula is C22H15Cl2F3N6O2. The first-order valence-corrected chi connectivity index (χ1v) is 10.8. The zero-order valence-corrected chi connectivity index (χ0v) is 19.2. The van der Waals surface area contributed by atoms with Crippen LogP contribution in [0.25, 0.3) is 11.3 Å². The third kappa shape index (κ3) is 4.76. The normalized spacial score (nSPS) is 13.2. The first-order valence-electron chi connectivity index (χ1n) is 10.0. The molecule has 0 bridgehead atoms. The van der Waals surface area contributed by atoms with E-state index in [1.807, 2.05) is 0 Å². The van der Waals surface area contributed by atoms with Crippen molar-refractivity contribution in [3.63, 3.8) is 0 Å². The number of hydrogen-bond acceptors (Lipinski definition) is 4. The predicted octanol–water partition coefficient (Wildman–Crippen LogP) is 4.89. The summed E-state index contributed by atoms with van der Waals surface area (Å²) in [5.74, 6) is -0.767. The molecule has 4 rings (SSSR count). The Morgan fingerprint density at radius 1 is 1.11 bits per heavy atom. The summed E-state index contributed by atoms with van der Waals surface area (Å²) >= 11 is 12.1. The van der Waals surface area contributed by atoms with Crippen LogP contribution in [0.1, 0.15) is 27.2 Å². The van der Waals surface area contributed by atoms with Gasteiger partial charge in [-0.3, -0.25) is 9.48 Å². The smallest absolute Gasteiger partial charge is 0.365 e. The van der Waals surface area contributed by atoms with Crippen molar-refractivity contribution in [1.29, 1.82) is 5.26 Å². The Kier molecular flexibility index (Phi) is 6.36. The standard InChI is InChI=1S/C22H15Cl2F3N6O2/c23-15-4-2-11(7-16(15)24)19-18(20(29)34)17-10-32(5-6-33(17)31-19)21(35)30-13-3-1-12(9-28)14(8-13)22(25,26)27/h1-4,7-8H,5-6,10H2,(H2,29,34)(H,30,35). The summed E-state index contributed by atoms with van der Waals surface area (Å²) in [5.41, 5.74) is 5.01. The van der Waals surface area contributed by atoms with Gasteiger partial charge in [-0.1, -0.05) is 29.3 Å². The number of nitrogens with zero attached hydrogens (tertiary/aromatic N) is 4. The van der Waals surface area contributed by atoms with Gasteiger partial charge in [0.2, 0.25) is 0 Å². The lowest BCUT2D eigenvalue weighted by Crippen LogP contribution is -2.41. The van der Waals surface area contributed by atoms with E-state index in [4.69, 9.17) is 34.2 Å². The number of primary amides is 1. The molecule has 3 amide bonds. The van der Waals surface area contributed by atoms with E-state index in [2.05, 4.69) is 10.4 Å². The highest BCUT2D eigenvalue weighted by Gasteiger charge is 2.34. The van der Waals surface area contributed by atoms with Crippen LogP contribution in [0.3, 0.4) is 0 Å². The number of amides is 3. The molecule has 0 unspecified atom stereocenters. The largest absolute Gasteiger partial charge is 0.417 e. The van der Waals surface area contributed by atoms with Crippen LogP contribution in [0.4, 0.5) is 23.7 Å². The molecule has 180 valence electrons. The van der Waals surface area contributed by atoms with Crippen LogP contribution >= 0.6 is 23.2 Å². The number of carbonyl (C=O) groups excluding carboxylic acids is 2. The molecule has 2 heterocycles. The summed E-state index contributed by atoms with van der Waals surface area (Å²) in [7, 11) is 0. The van der Waals surface area contributed by atoms with E-state index in [1.165, 1.54) is 23.1 Å². The van der Waals surface area contributed by atoms with Crippen molar-refractivity contribution in [2.75, 3.05) is 11.9 Å². The number of urea groups is 1. The van der Waals surface area contributed by atoms with E-state index in [9.17, 15) is 22.8 Å². The summed E-state index contributed by atoms with van der Waals surface area (Å²) in [6.45, 7) is 0.314. The number of halogens is 5. The Bertz CT molecular complexity index is 1400. The van der Waals surface area contributed by atoms with Crippen LogP contribution < -0.4 is 11.1 Å². The summed E-state index contributed by atoms with van der Waals surface area (Å²) in [6.07, 6.45) is -4.76. The number of alkyl halides is 3. The maximum absolute atomic E-state index is 13.2. The van der Waals surface area contributed by atoms with Crippen molar-refractivity contribution in [2.45, 2.75) is 19.3 Å². The molecule has 0 saturated heterocycles. The van der Waals surface area contributed by atoms with E-state index in [0.717, 1.165) is 6.07 Å². The number of benzene rings is 2. The van der Waals surface area contributed by atoms with Gasteiger partial charge in [0.15, 0.2) is 0 Å². The number of fused-ring (bicyclic) bond motifs is 1. The molecule has 0 radical (unpaired) electrons. The lowest BCUT2D eigenvalue weighted by atomic mass is 10.0. The van der Waals surface area contributed by atoms with Crippen LogP contribution in [-0.4, -0.2) is 33.2 Å². The summed E-state index contributed by atoms with van der Waals surface area (Å²) in [4.78, 5) is 26.4. The Labute approximate surface area is 206 Å². The van der Waals surface area contributed by atoms with Crippen LogP contribution in [0, 0.1) is 11.3 Å². The van der Waals surface area contributed by atoms with Crippen LogP contribution in [0.15, 0.2) is 36.4 Å². The SMILES string of the molecule is N#Cc1ccc(NC(=O)N2CCn3nc(-c4ccc(Cl)c(Cl)c4)c(C(N)=O)c3C2)cc1C(F)(F)F. The molecule has 8 nitrogen and oxygen atoms in total. The third-order valence-electron chi connectivity index (χ3n) is 5.40. The van der Waals surface area contributed by atoms with Crippen molar-refractivity contribution in [1.82, 2.24) is 14.7 Å². The number of nitrogens with one attached hydrogen (secondary N) is 1. The van der Waals surface area contributed by atoms with E-state index in [-0.39, 0.29) is 41.6 Å². The second-order valence-corrected chi connectivity index (χ2v) is 8.42. The monoisotopic (exact) mass is 522 g/mol. The first-order chi connectivity index (χ1) is 16.5. The van der Waals surface area contributed by atoms with Gasteiger partial charge in [-0.05, 0) is 30.3 Å². The molecule has 1 aliphatic rings. The van der Waals surface area contributed by atoms with Crippen molar-refractivity contribution in [2.24, 2.45) is 5.73 Å². The van der Waals surface area contributed by atoms with Gasteiger partial charge in [0.05, 0.1) is 51.6 Å². The van der Waals surface area contributed by atoms with Gasteiger partial charge >= 0.3 is 12.2 Å². The molecule has 0 atom stereocenters. The minimum atomic E-state index is -4.76. The summed E-state index contributed by atoms with van der Waals surface area (Å²) < 4.78 is 41.3. The number of hydrogen-bond donors (Lipinski definition) is 2. The highest BCUT2D eigenvalue weighted by atomic mass is 35.5. The average Bonchev–Trinajstić information content (AvgIpc) is 3.19. The van der Waals surface area contributed by atoms with E-state index < -0.39 is 29.2 Å². The average molecular weight is 523 g/mol. The molecule has 0 saturated carbocycles. The van der Waals surface area contributed by atoms with Gasteiger partial charge < -0.3 is 16.0 Å². The third-order valence-corrected chi connectivity index (χ3v) is 6.14. The highest BCUT2D eigenvalue weighted by Crippen LogP contribution is 2.34. The van der Waals surface area contributed by atoms with Gasteiger partial charge in [-0.25, -0.2) is 4.79 Å². The quantitative estimate of drug-likeness (QED) is 0.508. The molecule has 1 aliphatic heterocycles. The fraction of sp³-hybridized carbons (Fsp3) is 0.182. The number of rotatable bonds is 3. The van der Waals surface area contributed by atoms with Crippen molar-refractivity contribution in [3.8, 4) is 17.3 Å². The number of nitrogens with two attached hydrogens (primary N) is 1. The predicted molar refractivity (Wildman–Crippen MR) is 122 cm³/mol. The Morgan fingerprint density at radius 3 is 2.49 bits per heavy atom. The summed E-state index contributed by atoms with van der Waals surface area (Å²) in [6, 6.07) is 8.40. The molecule has 1 aromatic heterocycles. The fourth-order valence-electron chi connectivity index (χ4n) is 3.75. The second kappa shape index (κ2) is 9.13. The van der Waals surface area contributed by atoms with E-state index in [1.54, 1.807) is 16.8 Å². The topological polar surface area (TPSA) is 117 Å². The zero-order chi connectivity index (χ0) is 25.5. The van der Waals surface area contributed by atoms with Gasteiger partial charge in [-0.2, -0.15) is 23.5 Å². The van der Waals surface area contributed by atoms with Crippen LogP contribution in [-0.2, 0) is 19.3 Å². The second-order valence-electron chi connectivity index (χ2n) is 7.61. The van der Waals surface area contributed by atoms with Gasteiger partial charge in [0, 0.05) is 17.8 Å². The molecule has 13 heteroatoms. The number of nitriles is 1. The molecule has 35 heavy (non-hydrogen) atoms. The Balaban J connectivity index is 1.62. The van der Waals surface area contributed by atoms with Crippen molar-refractivity contribution in [3.05, 3.63) is 68.8 Å². The molecule has 0 fully saturated rings. The lowest BCUT2D eigenvalue weighted by molar-refractivity contribution is -0.137. The molecule has 2 aromatic carbocycles. The van der Waals surface area contributed by atoms with Gasteiger partial charge in [0.25, 0.3) is 5.91 Å². The van der Waals surface area contributed by atoms with Crippen LogP contribution in [0.5, 0.6) is 0 Å². The highest BCUT2D eigenvalue weighted by molar-refractivity contribution is 6.42. The minimum Gasteiger partial charge on any atom is -0.365 e. The maximum atomic E-state index is 13.2. The van der Waals surface area contributed by atoms with Crippen LogP contribution in [0.2, 0.25) is 10.0 Å². The number of aromatic nitrogens is 2. The maximum Gasteiger partial charge on any atom is 0.417 e. The van der Waals surface area contributed by atoms with Crippen molar-refractivity contribution >= 4 is 40.8 Å². The summed E-state index contributed by atoms with van der Waals surface area (Å²) in [5, 5.41) is 16.4. The molecule has 0 aliphatic carbocycles. The molecule has 3 N–H and O–H groups in total.